The predicted molar refractivity (Wildman–Crippen MR) is 88.2 cm³/mol. The van der Waals surface area contributed by atoms with Gasteiger partial charge in [0.2, 0.25) is 0 Å². The van der Waals surface area contributed by atoms with E-state index in [1.807, 2.05) is 30.3 Å². The molecule has 6 nitrogen and oxygen atoms in total. The van der Waals surface area contributed by atoms with Crippen LogP contribution < -0.4 is 10.6 Å². The molecule has 128 valence electrons. The minimum Gasteiger partial charge on any atom is -0.480 e. The Labute approximate surface area is 137 Å². The van der Waals surface area contributed by atoms with Crippen molar-refractivity contribution in [3.05, 3.63) is 35.9 Å². The van der Waals surface area contributed by atoms with Crippen LogP contribution >= 0.6 is 0 Å². The molecular formula is C17H26N2O4. The highest BCUT2D eigenvalue weighted by Gasteiger charge is 2.20. The molecule has 0 aliphatic heterocycles. The molecule has 0 aliphatic carbocycles. The van der Waals surface area contributed by atoms with Gasteiger partial charge in [-0.25, -0.2) is 9.59 Å². The van der Waals surface area contributed by atoms with Gasteiger partial charge in [0.1, 0.15) is 12.6 Å². The number of alkyl carbamates (subject to hydrolysis) is 1. The van der Waals surface area contributed by atoms with E-state index in [2.05, 4.69) is 24.5 Å². The van der Waals surface area contributed by atoms with E-state index in [0.29, 0.717) is 12.5 Å². The number of nitrogens with one attached hydrogen (secondary N) is 2. The van der Waals surface area contributed by atoms with Crippen LogP contribution in [-0.4, -0.2) is 35.8 Å². The lowest BCUT2D eigenvalue weighted by atomic mass is 10.1. The molecule has 0 spiro atoms. The maximum absolute atomic E-state index is 11.7. The highest BCUT2D eigenvalue weighted by molar-refractivity contribution is 5.79. The summed E-state index contributed by atoms with van der Waals surface area (Å²) in [5.74, 6) is -1.04. The number of benzene rings is 1. The van der Waals surface area contributed by atoms with E-state index in [4.69, 9.17) is 9.84 Å². The Balaban J connectivity index is 2.28. The topological polar surface area (TPSA) is 87.7 Å². The predicted octanol–water partition coefficient (Wildman–Crippen LogP) is 2.53. The number of amides is 1. The fraction of sp³-hybridized carbons (Fsp3) is 0.529. The summed E-state index contributed by atoms with van der Waals surface area (Å²) in [6, 6.07) is 8.74. The van der Waals surface area contributed by atoms with Crippen molar-refractivity contribution in [2.24, 2.45) is 0 Å². The maximum atomic E-state index is 11.7. The summed E-state index contributed by atoms with van der Waals surface area (Å²) >= 11 is 0. The zero-order chi connectivity index (χ0) is 17.1. The van der Waals surface area contributed by atoms with E-state index in [1.54, 1.807) is 0 Å². The number of rotatable bonds is 10. The Morgan fingerprint density at radius 1 is 1.17 bits per heavy atom. The van der Waals surface area contributed by atoms with Gasteiger partial charge in [-0.05, 0) is 31.4 Å². The Morgan fingerprint density at radius 2 is 1.87 bits per heavy atom. The highest BCUT2D eigenvalue weighted by atomic mass is 16.5. The van der Waals surface area contributed by atoms with Crippen molar-refractivity contribution in [3.63, 3.8) is 0 Å². The van der Waals surface area contributed by atoms with E-state index < -0.39 is 18.1 Å². The van der Waals surface area contributed by atoms with Crippen LogP contribution in [0.25, 0.3) is 0 Å². The first-order valence-corrected chi connectivity index (χ1v) is 7.92. The third-order valence-corrected chi connectivity index (χ3v) is 3.28. The van der Waals surface area contributed by atoms with Gasteiger partial charge >= 0.3 is 12.1 Å². The van der Waals surface area contributed by atoms with Crippen LogP contribution in [0, 0.1) is 0 Å². The SMILES string of the molecule is CC(C)NCCCC[C@@H](NC(=O)OCc1ccccc1)C(=O)O. The fourth-order valence-corrected chi connectivity index (χ4v) is 2.03. The molecule has 1 atom stereocenters. The molecule has 0 bridgehead atoms. The van der Waals surface area contributed by atoms with Gasteiger partial charge in [0, 0.05) is 6.04 Å². The Bertz CT molecular complexity index is 477. The Kier molecular flexibility index (Phi) is 8.75. The molecule has 1 aromatic carbocycles. The molecule has 1 aromatic rings. The van der Waals surface area contributed by atoms with E-state index in [1.165, 1.54) is 0 Å². The first-order chi connectivity index (χ1) is 11.0. The van der Waals surface area contributed by atoms with Gasteiger partial charge in [0.15, 0.2) is 0 Å². The number of carboxylic acids is 1. The van der Waals surface area contributed by atoms with Gasteiger partial charge in [0.25, 0.3) is 0 Å². The van der Waals surface area contributed by atoms with Crippen molar-refractivity contribution >= 4 is 12.1 Å². The number of hydrogen-bond donors (Lipinski definition) is 3. The lowest BCUT2D eigenvalue weighted by Crippen LogP contribution is -2.41. The largest absolute Gasteiger partial charge is 0.480 e. The van der Waals surface area contributed by atoms with Gasteiger partial charge in [0.05, 0.1) is 0 Å². The molecule has 0 fully saturated rings. The highest BCUT2D eigenvalue weighted by Crippen LogP contribution is 2.04. The van der Waals surface area contributed by atoms with Gasteiger partial charge in [-0.2, -0.15) is 0 Å². The molecule has 0 aliphatic rings. The number of ether oxygens (including phenoxy) is 1. The minimum absolute atomic E-state index is 0.122. The van der Waals surface area contributed by atoms with E-state index in [9.17, 15) is 9.59 Å². The quantitative estimate of drug-likeness (QED) is 0.576. The van der Waals surface area contributed by atoms with Crippen LogP contribution in [0.5, 0.6) is 0 Å². The second-order valence-electron chi connectivity index (χ2n) is 5.70. The van der Waals surface area contributed by atoms with Crippen LogP contribution in [0.2, 0.25) is 0 Å². The number of carbonyl (C=O) groups excluding carboxylic acids is 1. The van der Waals surface area contributed by atoms with E-state index in [0.717, 1.165) is 24.9 Å². The normalized spacial score (nSPS) is 12.0. The van der Waals surface area contributed by atoms with Crippen molar-refractivity contribution in [1.82, 2.24) is 10.6 Å². The van der Waals surface area contributed by atoms with Crippen molar-refractivity contribution in [3.8, 4) is 0 Å². The van der Waals surface area contributed by atoms with Crippen molar-refractivity contribution in [2.45, 2.75) is 51.8 Å². The standard InChI is InChI=1S/C17H26N2O4/c1-13(2)18-11-7-6-10-15(16(20)21)19-17(22)23-12-14-8-4-3-5-9-14/h3-5,8-9,13,15,18H,6-7,10-12H2,1-2H3,(H,19,22)(H,20,21)/t15-/m1/s1. The molecule has 0 radical (unpaired) electrons. The number of carbonyl (C=O) groups is 2. The summed E-state index contributed by atoms with van der Waals surface area (Å²) < 4.78 is 5.04. The summed E-state index contributed by atoms with van der Waals surface area (Å²) in [4.78, 5) is 22.9. The molecule has 0 heterocycles. The summed E-state index contributed by atoms with van der Waals surface area (Å²) in [5.41, 5.74) is 0.856. The monoisotopic (exact) mass is 322 g/mol. The van der Waals surface area contributed by atoms with Crippen LogP contribution in [0.3, 0.4) is 0 Å². The van der Waals surface area contributed by atoms with Gasteiger partial charge in [-0.15, -0.1) is 0 Å². The first kappa shape index (κ1) is 19.0. The summed E-state index contributed by atoms with van der Waals surface area (Å²) in [6.07, 6.45) is 1.26. The van der Waals surface area contributed by atoms with Crippen LogP contribution in [-0.2, 0) is 16.1 Å². The second-order valence-corrected chi connectivity index (χ2v) is 5.70. The first-order valence-electron chi connectivity index (χ1n) is 7.92. The fourth-order valence-electron chi connectivity index (χ4n) is 2.03. The summed E-state index contributed by atoms with van der Waals surface area (Å²) in [5, 5.41) is 14.8. The number of aliphatic carboxylic acids is 1. The smallest absolute Gasteiger partial charge is 0.408 e. The molecule has 3 N–H and O–H groups in total. The van der Waals surface area contributed by atoms with Gasteiger partial charge in [-0.3, -0.25) is 0 Å². The molecule has 0 unspecified atom stereocenters. The molecular weight excluding hydrogens is 296 g/mol. The van der Waals surface area contributed by atoms with Crippen LogP contribution in [0.15, 0.2) is 30.3 Å². The van der Waals surface area contributed by atoms with E-state index >= 15 is 0 Å². The molecule has 1 rings (SSSR count). The van der Waals surface area contributed by atoms with E-state index in [-0.39, 0.29) is 6.61 Å². The van der Waals surface area contributed by atoms with Gasteiger partial charge < -0.3 is 20.5 Å². The molecule has 0 saturated carbocycles. The number of unbranched alkanes of at least 4 members (excludes halogenated alkanes) is 1. The lowest BCUT2D eigenvalue weighted by molar-refractivity contribution is -0.139. The van der Waals surface area contributed by atoms with Crippen molar-refractivity contribution < 1.29 is 19.4 Å². The zero-order valence-corrected chi connectivity index (χ0v) is 13.7. The second kappa shape index (κ2) is 10.6. The lowest BCUT2D eigenvalue weighted by Gasteiger charge is -2.15. The summed E-state index contributed by atoms with van der Waals surface area (Å²) in [6.45, 7) is 5.08. The third kappa shape index (κ3) is 8.83. The number of carboxylic acid groups (broad SMARTS) is 1. The zero-order valence-electron chi connectivity index (χ0n) is 13.7. The molecule has 0 saturated heterocycles. The van der Waals surface area contributed by atoms with Crippen LogP contribution in [0.4, 0.5) is 4.79 Å². The van der Waals surface area contributed by atoms with Crippen molar-refractivity contribution in [2.75, 3.05) is 6.54 Å². The average Bonchev–Trinajstić information content (AvgIpc) is 2.52. The minimum atomic E-state index is -1.04. The molecule has 6 heteroatoms. The maximum Gasteiger partial charge on any atom is 0.408 e. The van der Waals surface area contributed by atoms with Gasteiger partial charge in [-0.1, -0.05) is 44.2 Å². The average molecular weight is 322 g/mol. The van der Waals surface area contributed by atoms with Crippen LogP contribution in [0.1, 0.15) is 38.7 Å². The molecule has 1 amide bonds. The Hall–Kier alpha value is -2.08. The molecule has 0 aromatic heterocycles. The van der Waals surface area contributed by atoms with Crippen molar-refractivity contribution in [1.29, 1.82) is 0 Å². The number of hydrogen-bond acceptors (Lipinski definition) is 4. The third-order valence-electron chi connectivity index (χ3n) is 3.28. The summed E-state index contributed by atoms with van der Waals surface area (Å²) in [7, 11) is 0. The Morgan fingerprint density at radius 3 is 2.48 bits per heavy atom. The molecule has 23 heavy (non-hydrogen) atoms.